The zero-order chi connectivity index (χ0) is 28.2. The number of aromatic nitrogens is 1. The molecule has 0 bridgehead atoms. The Bertz CT molecular complexity index is 1380. The van der Waals surface area contributed by atoms with Gasteiger partial charge in [0.2, 0.25) is 17.7 Å². The van der Waals surface area contributed by atoms with Crippen LogP contribution in [0.5, 0.6) is 0 Å². The van der Waals surface area contributed by atoms with Crippen molar-refractivity contribution in [3.8, 4) is 0 Å². The molecule has 5 N–H and O–H groups in total. The Kier molecular flexibility index (Phi) is 8.23. The fourth-order valence-corrected chi connectivity index (χ4v) is 4.75. The molecule has 4 rings (SSSR count). The van der Waals surface area contributed by atoms with Crippen LogP contribution in [0.15, 0.2) is 54.7 Å². The minimum absolute atomic E-state index is 0.0326. The van der Waals surface area contributed by atoms with Gasteiger partial charge in [-0.2, -0.15) is 0 Å². The van der Waals surface area contributed by atoms with Gasteiger partial charge in [-0.3, -0.25) is 14.4 Å². The second-order valence-electron chi connectivity index (χ2n) is 10.7. The highest BCUT2D eigenvalue weighted by Gasteiger charge is 2.34. The fraction of sp³-hybridized carbons (Fsp3) is 0.379. The van der Waals surface area contributed by atoms with Gasteiger partial charge in [0.15, 0.2) is 0 Å². The molecule has 10 nitrogen and oxygen atoms in total. The first-order valence-corrected chi connectivity index (χ1v) is 13.0. The number of rotatable bonds is 9. The Balaban J connectivity index is 1.58. The number of anilines is 1. The summed E-state index contributed by atoms with van der Waals surface area (Å²) in [6.45, 7) is 5.66. The van der Waals surface area contributed by atoms with Crippen LogP contribution >= 0.6 is 0 Å². The number of carbonyl (C=O) groups excluding carboxylic acids is 4. The summed E-state index contributed by atoms with van der Waals surface area (Å²) in [6.07, 6.45) is 1.83. The molecule has 2 heterocycles. The van der Waals surface area contributed by atoms with Crippen LogP contribution in [0.25, 0.3) is 10.9 Å². The second-order valence-corrected chi connectivity index (χ2v) is 10.7. The summed E-state index contributed by atoms with van der Waals surface area (Å²) in [7, 11) is 0. The molecule has 206 valence electrons. The van der Waals surface area contributed by atoms with Gasteiger partial charge < -0.3 is 31.0 Å². The number of hydrogen-bond acceptors (Lipinski definition) is 5. The summed E-state index contributed by atoms with van der Waals surface area (Å²) in [6, 6.07) is 13.2. The zero-order valence-electron chi connectivity index (χ0n) is 22.5. The van der Waals surface area contributed by atoms with Gasteiger partial charge in [0.05, 0.1) is 0 Å². The molecule has 0 fully saturated rings. The topological polar surface area (TPSA) is 147 Å². The highest BCUT2D eigenvalue weighted by Crippen LogP contribution is 2.28. The number of primary amides is 1. The fourth-order valence-electron chi connectivity index (χ4n) is 4.75. The smallest absolute Gasteiger partial charge is 0.408 e. The number of nitrogens with one attached hydrogen (secondary N) is 3. The number of hydrogen-bond donors (Lipinski definition) is 4. The lowest BCUT2D eigenvalue weighted by Crippen LogP contribution is -2.55. The average molecular weight is 534 g/mol. The first-order chi connectivity index (χ1) is 18.5. The third-order valence-corrected chi connectivity index (χ3v) is 6.55. The van der Waals surface area contributed by atoms with Crippen molar-refractivity contribution in [2.75, 3.05) is 11.4 Å². The van der Waals surface area contributed by atoms with Crippen LogP contribution in [0.1, 0.15) is 44.7 Å². The Morgan fingerprint density at radius 2 is 1.74 bits per heavy atom. The van der Waals surface area contributed by atoms with Crippen molar-refractivity contribution in [3.05, 3.63) is 65.9 Å². The lowest BCUT2D eigenvalue weighted by Gasteiger charge is -2.27. The van der Waals surface area contributed by atoms with E-state index in [0.29, 0.717) is 13.0 Å². The van der Waals surface area contributed by atoms with Crippen LogP contribution in [-0.2, 0) is 32.0 Å². The third-order valence-electron chi connectivity index (χ3n) is 6.55. The Morgan fingerprint density at radius 3 is 2.49 bits per heavy atom. The minimum atomic E-state index is -1.05. The predicted octanol–water partition coefficient (Wildman–Crippen LogP) is 2.94. The van der Waals surface area contributed by atoms with Crippen molar-refractivity contribution in [1.29, 1.82) is 0 Å². The van der Waals surface area contributed by atoms with Gasteiger partial charge in [-0.05, 0) is 56.9 Å². The molecule has 0 spiro atoms. The number of para-hydroxylation sites is 2. The van der Waals surface area contributed by atoms with E-state index in [1.807, 2.05) is 48.5 Å². The number of aromatic amines is 1. The number of ether oxygens (including phenoxy) is 1. The van der Waals surface area contributed by atoms with Crippen molar-refractivity contribution < 1.29 is 23.9 Å². The third kappa shape index (κ3) is 6.95. The summed E-state index contributed by atoms with van der Waals surface area (Å²) in [5.74, 6) is -1.48. The maximum Gasteiger partial charge on any atom is 0.408 e. The van der Waals surface area contributed by atoms with Crippen molar-refractivity contribution in [1.82, 2.24) is 15.6 Å². The number of fused-ring (bicyclic) bond motifs is 2. The SMILES string of the molecule is CC(C)(C)OC(=O)N[C@@H](Cc1c[nH]c2ccccc12)C(=O)N[C@@H](CCC(N)=O)C(=O)N1CCc2ccccc21. The van der Waals surface area contributed by atoms with E-state index < -0.39 is 35.6 Å². The number of benzene rings is 2. The highest BCUT2D eigenvalue weighted by atomic mass is 16.6. The average Bonchev–Trinajstić information content (AvgIpc) is 3.49. The quantitative estimate of drug-likeness (QED) is 0.334. The van der Waals surface area contributed by atoms with E-state index in [2.05, 4.69) is 15.6 Å². The molecule has 1 aliphatic heterocycles. The molecule has 2 aromatic carbocycles. The molecule has 39 heavy (non-hydrogen) atoms. The van der Waals surface area contributed by atoms with Crippen molar-refractivity contribution >= 4 is 40.4 Å². The molecule has 0 unspecified atom stereocenters. The van der Waals surface area contributed by atoms with Gasteiger partial charge in [-0.25, -0.2) is 4.79 Å². The van der Waals surface area contributed by atoms with Crippen molar-refractivity contribution in [2.45, 2.75) is 64.1 Å². The van der Waals surface area contributed by atoms with Gasteiger partial charge in [0.1, 0.15) is 17.7 Å². The number of H-pyrrole nitrogens is 1. The van der Waals surface area contributed by atoms with Crippen LogP contribution in [0.4, 0.5) is 10.5 Å². The number of alkyl carbamates (subject to hydrolysis) is 1. The summed E-state index contributed by atoms with van der Waals surface area (Å²) in [5.41, 5.74) is 8.13. The Hall–Kier alpha value is -4.34. The highest BCUT2D eigenvalue weighted by molar-refractivity contribution is 6.01. The monoisotopic (exact) mass is 533 g/mol. The zero-order valence-corrected chi connectivity index (χ0v) is 22.5. The molecule has 0 saturated carbocycles. The van der Waals surface area contributed by atoms with Gasteiger partial charge in [-0.15, -0.1) is 0 Å². The maximum atomic E-state index is 13.6. The van der Waals surface area contributed by atoms with Crippen LogP contribution in [0, 0.1) is 0 Å². The van der Waals surface area contributed by atoms with Crippen molar-refractivity contribution in [2.24, 2.45) is 5.73 Å². The van der Waals surface area contributed by atoms with Crippen LogP contribution in [0.3, 0.4) is 0 Å². The molecule has 2 atom stereocenters. The van der Waals surface area contributed by atoms with Crippen LogP contribution in [0.2, 0.25) is 0 Å². The summed E-state index contributed by atoms with van der Waals surface area (Å²) in [4.78, 5) is 56.3. The van der Waals surface area contributed by atoms with Gasteiger partial charge in [0.25, 0.3) is 0 Å². The Labute approximate surface area is 227 Å². The molecule has 0 radical (unpaired) electrons. The van der Waals surface area contributed by atoms with E-state index in [9.17, 15) is 19.2 Å². The molecular formula is C29H35N5O5. The molecule has 0 saturated heterocycles. The largest absolute Gasteiger partial charge is 0.444 e. The second kappa shape index (κ2) is 11.6. The van der Waals surface area contributed by atoms with Gasteiger partial charge >= 0.3 is 6.09 Å². The summed E-state index contributed by atoms with van der Waals surface area (Å²) < 4.78 is 5.40. The molecule has 4 amide bonds. The lowest BCUT2D eigenvalue weighted by atomic mass is 10.0. The first kappa shape index (κ1) is 27.7. The predicted molar refractivity (Wildman–Crippen MR) is 148 cm³/mol. The van der Waals surface area contributed by atoms with E-state index in [0.717, 1.165) is 27.7 Å². The number of carbonyl (C=O) groups is 4. The van der Waals surface area contributed by atoms with E-state index in [4.69, 9.17) is 10.5 Å². The summed E-state index contributed by atoms with van der Waals surface area (Å²) >= 11 is 0. The normalized spacial score (nSPS) is 14.4. The molecule has 10 heteroatoms. The van der Waals surface area contributed by atoms with E-state index in [1.54, 1.807) is 31.9 Å². The number of nitrogens with zero attached hydrogens (tertiary/aromatic N) is 1. The summed E-state index contributed by atoms with van der Waals surface area (Å²) in [5, 5.41) is 6.37. The maximum absolute atomic E-state index is 13.6. The number of nitrogens with two attached hydrogens (primary N) is 1. The van der Waals surface area contributed by atoms with E-state index >= 15 is 0 Å². The van der Waals surface area contributed by atoms with Crippen LogP contribution < -0.4 is 21.3 Å². The first-order valence-electron chi connectivity index (χ1n) is 13.0. The molecule has 1 aliphatic rings. The molecule has 0 aliphatic carbocycles. The lowest BCUT2D eigenvalue weighted by molar-refractivity contribution is -0.129. The minimum Gasteiger partial charge on any atom is -0.444 e. The van der Waals surface area contributed by atoms with Crippen LogP contribution in [-0.4, -0.2) is 53.0 Å². The van der Waals surface area contributed by atoms with Gasteiger partial charge in [0, 0.05) is 42.2 Å². The molecule has 1 aromatic heterocycles. The van der Waals surface area contributed by atoms with Gasteiger partial charge in [-0.1, -0.05) is 36.4 Å². The standard InChI is InChI=1S/C29H35N5O5/c1-29(2,3)39-28(38)33-23(16-19-17-31-21-10-6-5-9-20(19)21)26(36)32-22(12-13-25(30)35)27(37)34-15-14-18-8-4-7-11-24(18)34/h4-11,17,22-23,31H,12-16H2,1-3H3,(H2,30,35)(H,32,36)(H,33,38)/t22-,23-/m0/s1. The number of amides is 4. The van der Waals surface area contributed by atoms with E-state index in [-0.39, 0.29) is 25.2 Å². The van der Waals surface area contributed by atoms with E-state index in [1.165, 1.54) is 0 Å². The molecule has 3 aromatic rings. The Morgan fingerprint density at radius 1 is 1.03 bits per heavy atom. The van der Waals surface area contributed by atoms with Crippen molar-refractivity contribution in [3.63, 3.8) is 0 Å². The molecular weight excluding hydrogens is 498 g/mol.